The fourth-order valence-corrected chi connectivity index (χ4v) is 5.40. The summed E-state index contributed by atoms with van der Waals surface area (Å²) in [7, 11) is 0. The van der Waals surface area contributed by atoms with E-state index < -0.39 is 6.04 Å². The van der Waals surface area contributed by atoms with Crippen molar-refractivity contribution in [1.29, 1.82) is 0 Å². The number of amides is 1. The van der Waals surface area contributed by atoms with Crippen LogP contribution >= 0.6 is 11.6 Å². The first-order chi connectivity index (χ1) is 16.3. The van der Waals surface area contributed by atoms with Crippen LogP contribution in [0.2, 0.25) is 5.02 Å². The number of anilines is 2. The largest absolute Gasteiger partial charge is 0.378 e. The van der Waals surface area contributed by atoms with Crippen molar-refractivity contribution in [1.82, 2.24) is 4.90 Å². The minimum Gasteiger partial charge on any atom is -0.378 e. The second-order valence-electron chi connectivity index (χ2n) is 10.1. The molecule has 178 valence electrons. The number of nitrogens with zero attached hydrogens (tertiary/aromatic N) is 2. The molecule has 7 heteroatoms. The molecule has 0 saturated carbocycles. The van der Waals surface area contributed by atoms with Crippen molar-refractivity contribution in [3.63, 3.8) is 0 Å². The molecule has 5 rings (SSSR count). The number of carbonyl (C=O) groups is 2. The standard InChI is InChI=1S/C27H30ClN3O3/c1-27(2)15-21-25(23(32)16-27)26(18-7-9-19(28)10-8-18)31(22-6-4-3-5-20(22)29-21)17-24(33)30-11-13-34-14-12-30/h3-10,26,29H,11-17H2,1-2H3/t26-/m0/s1. The van der Waals surface area contributed by atoms with E-state index >= 15 is 0 Å². The molecule has 1 atom stereocenters. The lowest BCUT2D eigenvalue weighted by Gasteiger charge is -2.39. The Bertz CT molecular complexity index is 1140. The average Bonchev–Trinajstić information content (AvgIpc) is 2.94. The average molecular weight is 480 g/mol. The van der Waals surface area contributed by atoms with Crippen LogP contribution in [-0.4, -0.2) is 49.4 Å². The number of fused-ring (bicyclic) bond motifs is 1. The molecule has 1 amide bonds. The Kier molecular flexibility index (Phi) is 6.13. The number of benzene rings is 2. The van der Waals surface area contributed by atoms with Crippen LogP contribution in [0.15, 0.2) is 59.8 Å². The highest BCUT2D eigenvalue weighted by Crippen LogP contribution is 2.48. The topological polar surface area (TPSA) is 61.9 Å². The van der Waals surface area contributed by atoms with E-state index in [1.54, 1.807) is 0 Å². The number of rotatable bonds is 3. The molecule has 34 heavy (non-hydrogen) atoms. The minimum atomic E-state index is -0.392. The maximum Gasteiger partial charge on any atom is 0.242 e. The monoisotopic (exact) mass is 479 g/mol. The lowest BCUT2D eigenvalue weighted by Crippen LogP contribution is -2.47. The van der Waals surface area contributed by atoms with Gasteiger partial charge in [-0.3, -0.25) is 9.59 Å². The third kappa shape index (κ3) is 4.44. The van der Waals surface area contributed by atoms with Gasteiger partial charge in [0.05, 0.1) is 37.2 Å². The number of carbonyl (C=O) groups excluding carboxylic acids is 2. The molecule has 2 aliphatic heterocycles. The maximum absolute atomic E-state index is 13.7. The SMILES string of the molecule is CC1(C)CC(=O)C2=C(C1)Nc1ccccc1N(CC(=O)N1CCOCC1)[C@H]2c1ccc(Cl)cc1. The first-order valence-electron chi connectivity index (χ1n) is 11.8. The molecule has 2 heterocycles. The van der Waals surface area contributed by atoms with Crippen LogP contribution in [0.4, 0.5) is 11.4 Å². The van der Waals surface area contributed by atoms with Gasteiger partial charge in [0.25, 0.3) is 0 Å². The van der Waals surface area contributed by atoms with E-state index in [1.807, 2.05) is 53.4 Å². The lowest BCUT2D eigenvalue weighted by atomic mass is 9.73. The molecule has 1 N–H and O–H groups in total. The summed E-state index contributed by atoms with van der Waals surface area (Å²) in [5.41, 5.74) is 4.30. The number of halogens is 1. The fraction of sp³-hybridized carbons (Fsp3) is 0.407. The Balaban J connectivity index is 1.66. The van der Waals surface area contributed by atoms with Crippen molar-refractivity contribution in [3.8, 4) is 0 Å². The number of Topliss-reactive ketones (excluding diaryl/α,β-unsaturated/α-hetero) is 1. The van der Waals surface area contributed by atoms with Gasteiger partial charge in [0, 0.05) is 35.8 Å². The number of ether oxygens (including phenoxy) is 1. The third-order valence-electron chi connectivity index (χ3n) is 6.86. The Labute approximate surface area is 205 Å². The van der Waals surface area contributed by atoms with Gasteiger partial charge in [-0.2, -0.15) is 0 Å². The summed E-state index contributed by atoms with van der Waals surface area (Å²) in [6.07, 6.45) is 1.23. The molecular formula is C27H30ClN3O3. The van der Waals surface area contributed by atoms with Gasteiger partial charge in [-0.25, -0.2) is 0 Å². The summed E-state index contributed by atoms with van der Waals surface area (Å²) in [5.74, 6) is 0.153. The third-order valence-corrected chi connectivity index (χ3v) is 7.11. The number of hydrogen-bond acceptors (Lipinski definition) is 5. The van der Waals surface area contributed by atoms with Crippen LogP contribution in [0.25, 0.3) is 0 Å². The van der Waals surface area contributed by atoms with Crippen molar-refractivity contribution in [2.75, 3.05) is 43.1 Å². The fourth-order valence-electron chi connectivity index (χ4n) is 5.28. The molecule has 1 aliphatic carbocycles. The Morgan fingerprint density at radius 3 is 2.53 bits per heavy atom. The first-order valence-corrected chi connectivity index (χ1v) is 12.2. The van der Waals surface area contributed by atoms with Crippen LogP contribution in [0.3, 0.4) is 0 Å². The summed E-state index contributed by atoms with van der Waals surface area (Å²) in [4.78, 5) is 31.1. The summed E-state index contributed by atoms with van der Waals surface area (Å²) >= 11 is 6.21. The van der Waals surface area contributed by atoms with Gasteiger partial charge in [-0.15, -0.1) is 0 Å². The molecule has 2 aromatic carbocycles. The van der Waals surface area contributed by atoms with Crippen LogP contribution in [0, 0.1) is 5.41 Å². The molecule has 0 radical (unpaired) electrons. The number of para-hydroxylation sites is 2. The van der Waals surface area contributed by atoms with E-state index in [0.717, 1.165) is 34.6 Å². The Morgan fingerprint density at radius 1 is 1.09 bits per heavy atom. The smallest absolute Gasteiger partial charge is 0.242 e. The zero-order valence-electron chi connectivity index (χ0n) is 19.6. The molecule has 0 spiro atoms. The normalized spacial score (nSPS) is 22.0. The van der Waals surface area contributed by atoms with E-state index in [4.69, 9.17) is 16.3 Å². The number of morpholine rings is 1. The quantitative estimate of drug-likeness (QED) is 0.684. The van der Waals surface area contributed by atoms with Crippen molar-refractivity contribution in [2.45, 2.75) is 32.7 Å². The molecular weight excluding hydrogens is 450 g/mol. The number of hydrogen-bond donors (Lipinski definition) is 1. The van der Waals surface area contributed by atoms with E-state index in [2.05, 4.69) is 24.1 Å². The van der Waals surface area contributed by atoms with Gasteiger partial charge in [-0.05, 0) is 41.7 Å². The molecule has 6 nitrogen and oxygen atoms in total. The molecule has 3 aliphatic rings. The maximum atomic E-state index is 13.7. The van der Waals surface area contributed by atoms with Crippen molar-refractivity contribution in [3.05, 3.63) is 70.4 Å². The Morgan fingerprint density at radius 2 is 1.79 bits per heavy atom. The van der Waals surface area contributed by atoms with Gasteiger partial charge in [-0.1, -0.05) is 49.7 Å². The van der Waals surface area contributed by atoms with E-state index in [-0.39, 0.29) is 23.7 Å². The summed E-state index contributed by atoms with van der Waals surface area (Å²) < 4.78 is 5.44. The van der Waals surface area contributed by atoms with Crippen molar-refractivity contribution >= 4 is 34.7 Å². The van der Waals surface area contributed by atoms with Crippen molar-refractivity contribution in [2.24, 2.45) is 5.41 Å². The summed E-state index contributed by atoms with van der Waals surface area (Å²) in [6, 6.07) is 15.2. The summed E-state index contributed by atoms with van der Waals surface area (Å²) in [5, 5.41) is 4.22. The molecule has 0 aromatic heterocycles. The van der Waals surface area contributed by atoms with E-state index in [9.17, 15) is 9.59 Å². The Hall–Kier alpha value is -2.83. The predicted octanol–water partition coefficient (Wildman–Crippen LogP) is 4.82. The highest BCUT2D eigenvalue weighted by Gasteiger charge is 2.42. The van der Waals surface area contributed by atoms with Crippen LogP contribution in [0.1, 0.15) is 38.3 Å². The second kappa shape index (κ2) is 9.08. The van der Waals surface area contributed by atoms with Crippen LogP contribution in [-0.2, 0) is 14.3 Å². The highest BCUT2D eigenvalue weighted by atomic mass is 35.5. The van der Waals surface area contributed by atoms with E-state index in [0.29, 0.717) is 37.7 Å². The molecule has 2 aromatic rings. The highest BCUT2D eigenvalue weighted by molar-refractivity contribution is 6.30. The second-order valence-corrected chi connectivity index (χ2v) is 10.5. The number of nitrogens with one attached hydrogen (secondary N) is 1. The zero-order chi connectivity index (χ0) is 23.9. The minimum absolute atomic E-state index is 0.0321. The molecule has 1 fully saturated rings. The number of ketones is 1. The molecule has 1 saturated heterocycles. The zero-order valence-corrected chi connectivity index (χ0v) is 20.4. The summed E-state index contributed by atoms with van der Waals surface area (Å²) in [6.45, 7) is 6.69. The molecule has 0 bridgehead atoms. The van der Waals surface area contributed by atoms with Crippen LogP contribution < -0.4 is 10.2 Å². The van der Waals surface area contributed by atoms with Gasteiger partial charge >= 0.3 is 0 Å². The van der Waals surface area contributed by atoms with Gasteiger partial charge in [0.2, 0.25) is 5.91 Å². The first kappa shape index (κ1) is 22.9. The number of allylic oxidation sites excluding steroid dienone is 1. The van der Waals surface area contributed by atoms with Crippen LogP contribution in [0.5, 0.6) is 0 Å². The lowest BCUT2D eigenvalue weighted by molar-refractivity contribution is -0.133. The predicted molar refractivity (Wildman–Crippen MR) is 134 cm³/mol. The van der Waals surface area contributed by atoms with Crippen molar-refractivity contribution < 1.29 is 14.3 Å². The van der Waals surface area contributed by atoms with Gasteiger partial charge in [0.1, 0.15) is 0 Å². The van der Waals surface area contributed by atoms with Gasteiger partial charge < -0.3 is 19.9 Å². The molecule has 0 unspecified atom stereocenters. The van der Waals surface area contributed by atoms with Gasteiger partial charge in [0.15, 0.2) is 5.78 Å². The van der Waals surface area contributed by atoms with E-state index in [1.165, 1.54) is 0 Å².